The molecule has 1 fully saturated rings. The van der Waals surface area contributed by atoms with Gasteiger partial charge in [0.1, 0.15) is 5.75 Å². The molecule has 6 heteroatoms. The van der Waals surface area contributed by atoms with Crippen LogP contribution in [0.3, 0.4) is 0 Å². The van der Waals surface area contributed by atoms with E-state index >= 15 is 0 Å². The van der Waals surface area contributed by atoms with Crippen molar-refractivity contribution in [2.45, 2.75) is 17.2 Å². The molecule has 1 amide bonds. The van der Waals surface area contributed by atoms with Crippen molar-refractivity contribution in [3.8, 4) is 5.75 Å². The van der Waals surface area contributed by atoms with E-state index in [0.29, 0.717) is 17.7 Å². The van der Waals surface area contributed by atoms with E-state index in [1.807, 2.05) is 30.3 Å². The van der Waals surface area contributed by atoms with Gasteiger partial charge >= 0.3 is 0 Å². The number of Topliss-reactive ketones (excluding diaryl/α,β-unsaturated/α-hetero) is 1. The third kappa shape index (κ3) is 4.15. The van der Waals surface area contributed by atoms with Crippen molar-refractivity contribution in [2.24, 2.45) is 0 Å². The molecule has 3 rings (SSSR count). The van der Waals surface area contributed by atoms with E-state index in [9.17, 15) is 14.7 Å². The SMILES string of the molecule is O=C(COc1ccc(CC2SC(O)NC2=O)cc1)c1ccccc1. The van der Waals surface area contributed by atoms with Gasteiger partial charge in [0.2, 0.25) is 5.91 Å². The fourth-order valence-electron chi connectivity index (χ4n) is 2.40. The highest BCUT2D eigenvalue weighted by Crippen LogP contribution is 2.25. The molecule has 5 nitrogen and oxygen atoms in total. The highest BCUT2D eigenvalue weighted by atomic mass is 32.2. The van der Waals surface area contributed by atoms with Crippen LogP contribution in [-0.2, 0) is 11.2 Å². The number of carbonyl (C=O) groups is 2. The number of aliphatic hydroxyl groups excluding tert-OH is 1. The number of ketones is 1. The van der Waals surface area contributed by atoms with Crippen LogP contribution in [0.5, 0.6) is 5.75 Å². The summed E-state index contributed by atoms with van der Waals surface area (Å²) in [7, 11) is 0. The number of aliphatic hydroxyl groups is 1. The minimum absolute atomic E-state index is 0.0174. The second-order valence-electron chi connectivity index (χ2n) is 5.41. The van der Waals surface area contributed by atoms with Gasteiger partial charge in [0.15, 0.2) is 18.0 Å². The quantitative estimate of drug-likeness (QED) is 0.785. The molecule has 0 aliphatic carbocycles. The number of benzene rings is 2. The maximum atomic E-state index is 12.0. The van der Waals surface area contributed by atoms with Gasteiger partial charge in [0, 0.05) is 5.56 Å². The van der Waals surface area contributed by atoms with Crippen LogP contribution in [0.1, 0.15) is 15.9 Å². The zero-order chi connectivity index (χ0) is 16.9. The van der Waals surface area contributed by atoms with Crippen LogP contribution in [0.25, 0.3) is 0 Å². The third-order valence-electron chi connectivity index (χ3n) is 3.66. The summed E-state index contributed by atoms with van der Waals surface area (Å²) in [6.07, 6.45) is 0.538. The fourth-order valence-corrected chi connectivity index (χ4v) is 3.37. The van der Waals surface area contributed by atoms with E-state index in [4.69, 9.17) is 4.74 Å². The molecule has 0 radical (unpaired) electrons. The maximum absolute atomic E-state index is 12.0. The van der Waals surface area contributed by atoms with Gasteiger partial charge in [-0.15, -0.1) is 0 Å². The summed E-state index contributed by atoms with van der Waals surface area (Å²) in [5.74, 6) is 0.376. The molecule has 0 aromatic heterocycles. The molecule has 0 saturated carbocycles. The summed E-state index contributed by atoms with van der Waals surface area (Å²) >= 11 is 1.20. The average molecular weight is 343 g/mol. The summed E-state index contributed by atoms with van der Waals surface area (Å²) in [5, 5.41) is 11.6. The number of nitrogens with one attached hydrogen (secondary N) is 1. The Morgan fingerprint density at radius 2 is 1.83 bits per heavy atom. The largest absolute Gasteiger partial charge is 0.485 e. The second-order valence-corrected chi connectivity index (χ2v) is 6.70. The Kier molecular flexibility index (Phi) is 5.17. The molecular formula is C18H17NO4S. The molecule has 1 aliphatic rings. The Balaban J connectivity index is 1.53. The molecule has 1 aliphatic heterocycles. The van der Waals surface area contributed by atoms with Crippen molar-refractivity contribution in [1.29, 1.82) is 0 Å². The predicted octanol–water partition coefficient (Wildman–Crippen LogP) is 2.00. The van der Waals surface area contributed by atoms with Crippen molar-refractivity contribution < 1.29 is 19.4 Å². The van der Waals surface area contributed by atoms with Crippen LogP contribution in [0.15, 0.2) is 54.6 Å². The predicted molar refractivity (Wildman–Crippen MR) is 91.9 cm³/mol. The lowest BCUT2D eigenvalue weighted by atomic mass is 10.1. The molecule has 1 heterocycles. The van der Waals surface area contributed by atoms with Gasteiger partial charge in [0.25, 0.3) is 0 Å². The summed E-state index contributed by atoms with van der Waals surface area (Å²) < 4.78 is 5.51. The molecule has 2 N–H and O–H groups in total. The van der Waals surface area contributed by atoms with Crippen LogP contribution < -0.4 is 10.1 Å². The van der Waals surface area contributed by atoms with E-state index in [2.05, 4.69) is 5.32 Å². The van der Waals surface area contributed by atoms with Crippen molar-refractivity contribution in [2.75, 3.05) is 6.61 Å². The van der Waals surface area contributed by atoms with E-state index in [1.165, 1.54) is 11.8 Å². The summed E-state index contributed by atoms with van der Waals surface area (Å²) in [4.78, 5) is 23.6. The van der Waals surface area contributed by atoms with Gasteiger partial charge < -0.3 is 15.2 Å². The first-order chi connectivity index (χ1) is 11.6. The average Bonchev–Trinajstić information content (AvgIpc) is 2.92. The molecule has 0 bridgehead atoms. The summed E-state index contributed by atoms with van der Waals surface area (Å²) in [5.41, 5.74) is 0.768. The molecule has 124 valence electrons. The molecule has 2 atom stereocenters. The molecule has 0 spiro atoms. The van der Waals surface area contributed by atoms with Crippen LogP contribution in [0.4, 0.5) is 0 Å². The van der Waals surface area contributed by atoms with Gasteiger partial charge in [-0.05, 0) is 24.1 Å². The van der Waals surface area contributed by atoms with Crippen molar-refractivity contribution in [1.82, 2.24) is 5.32 Å². The molecule has 2 unspecified atom stereocenters. The summed E-state index contributed by atoms with van der Waals surface area (Å²) in [6, 6.07) is 16.3. The van der Waals surface area contributed by atoms with Crippen molar-refractivity contribution in [3.63, 3.8) is 0 Å². The lowest BCUT2D eigenvalue weighted by Gasteiger charge is -2.09. The van der Waals surface area contributed by atoms with Crippen LogP contribution in [-0.4, -0.2) is 34.2 Å². The molecule has 1 saturated heterocycles. The normalized spacial score (nSPS) is 19.8. The van der Waals surface area contributed by atoms with Gasteiger partial charge in [-0.1, -0.05) is 54.2 Å². The Morgan fingerprint density at radius 3 is 2.46 bits per heavy atom. The van der Waals surface area contributed by atoms with E-state index in [-0.39, 0.29) is 23.5 Å². The molecule has 24 heavy (non-hydrogen) atoms. The second kappa shape index (κ2) is 7.51. The number of hydrogen-bond acceptors (Lipinski definition) is 5. The standard InChI is InChI=1S/C18H17NO4S/c20-15(13-4-2-1-3-5-13)11-23-14-8-6-12(7-9-14)10-16-17(21)19-18(22)24-16/h1-9,16,18,22H,10-11H2,(H,19,21). The van der Waals surface area contributed by atoms with Gasteiger partial charge in [0.05, 0.1) is 5.25 Å². The molecular weight excluding hydrogens is 326 g/mol. The summed E-state index contributed by atoms with van der Waals surface area (Å²) in [6.45, 7) is -0.0174. The Labute approximate surface area is 144 Å². The first-order valence-corrected chi connectivity index (χ1v) is 8.50. The van der Waals surface area contributed by atoms with Gasteiger partial charge in [-0.3, -0.25) is 9.59 Å². The minimum atomic E-state index is -0.825. The highest BCUT2D eigenvalue weighted by molar-refractivity contribution is 8.01. The van der Waals surface area contributed by atoms with Gasteiger partial charge in [-0.25, -0.2) is 0 Å². The first kappa shape index (κ1) is 16.5. The zero-order valence-electron chi connectivity index (χ0n) is 12.8. The third-order valence-corrected chi connectivity index (χ3v) is 4.75. The lowest BCUT2D eigenvalue weighted by Crippen LogP contribution is -2.27. The highest BCUT2D eigenvalue weighted by Gasteiger charge is 2.31. The first-order valence-electron chi connectivity index (χ1n) is 7.56. The van der Waals surface area contributed by atoms with Crippen LogP contribution in [0.2, 0.25) is 0 Å². The Morgan fingerprint density at radius 1 is 1.12 bits per heavy atom. The van der Waals surface area contributed by atoms with Crippen molar-refractivity contribution in [3.05, 3.63) is 65.7 Å². The van der Waals surface area contributed by atoms with Crippen molar-refractivity contribution >= 4 is 23.5 Å². The Bertz CT molecular complexity index is 718. The maximum Gasteiger partial charge on any atom is 0.236 e. The number of carbonyl (C=O) groups excluding carboxylic acids is 2. The topological polar surface area (TPSA) is 75.6 Å². The van der Waals surface area contributed by atoms with E-state index in [1.54, 1.807) is 24.3 Å². The number of rotatable bonds is 6. The lowest BCUT2D eigenvalue weighted by molar-refractivity contribution is -0.121. The van der Waals surface area contributed by atoms with Gasteiger partial charge in [-0.2, -0.15) is 0 Å². The number of thioether (sulfide) groups is 1. The van der Waals surface area contributed by atoms with E-state index in [0.717, 1.165) is 5.56 Å². The molecule has 2 aromatic carbocycles. The van der Waals surface area contributed by atoms with Crippen LogP contribution in [0, 0.1) is 0 Å². The zero-order valence-corrected chi connectivity index (χ0v) is 13.7. The number of hydrogen-bond donors (Lipinski definition) is 2. The number of amides is 1. The molecule has 2 aromatic rings. The fraction of sp³-hybridized carbons (Fsp3) is 0.222. The minimum Gasteiger partial charge on any atom is -0.485 e. The monoisotopic (exact) mass is 343 g/mol. The smallest absolute Gasteiger partial charge is 0.236 e. The van der Waals surface area contributed by atoms with E-state index < -0.39 is 5.56 Å². The number of ether oxygens (including phenoxy) is 1. The van der Waals surface area contributed by atoms with Crippen LogP contribution >= 0.6 is 11.8 Å². The Hall–Kier alpha value is -2.31.